The number of carbonyl (C=O) groups excluding carboxylic acids is 1. The van der Waals surface area contributed by atoms with Crippen molar-refractivity contribution in [3.63, 3.8) is 0 Å². The van der Waals surface area contributed by atoms with Crippen molar-refractivity contribution >= 4 is 23.6 Å². The number of hydrogen-bond donors (Lipinski definition) is 2. The van der Waals surface area contributed by atoms with Gasteiger partial charge >= 0.3 is 6.03 Å². The van der Waals surface area contributed by atoms with Crippen molar-refractivity contribution < 1.29 is 9.90 Å². The zero-order chi connectivity index (χ0) is 10.2. The zero-order valence-corrected chi connectivity index (χ0v) is 8.28. The van der Waals surface area contributed by atoms with E-state index in [2.05, 4.69) is 10.5 Å². The van der Waals surface area contributed by atoms with Crippen molar-refractivity contribution in [1.82, 2.24) is 10.3 Å². The lowest BCUT2D eigenvalue weighted by molar-refractivity contribution is -0.0101. The van der Waals surface area contributed by atoms with Crippen LogP contribution in [0.3, 0.4) is 0 Å². The predicted molar refractivity (Wildman–Crippen MR) is 53.0 cm³/mol. The molecule has 1 aromatic rings. The summed E-state index contributed by atoms with van der Waals surface area (Å²) in [5, 5.41) is 15.6. The van der Waals surface area contributed by atoms with Crippen molar-refractivity contribution in [2.24, 2.45) is 5.10 Å². The first kappa shape index (κ1) is 9.17. The number of rotatable bonds is 1. The molecule has 0 saturated carbocycles. The summed E-state index contributed by atoms with van der Waals surface area (Å²) in [5.74, 6) is 0. The molecule has 2 heterocycles. The van der Waals surface area contributed by atoms with Gasteiger partial charge in [-0.15, -0.1) is 11.3 Å². The monoisotopic (exact) mass is 211 g/mol. The molecule has 74 valence electrons. The number of nitrogens with zero attached hydrogens (tertiary/aromatic N) is 2. The minimum Gasteiger partial charge on any atom is -0.362 e. The van der Waals surface area contributed by atoms with Gasteiger partial charge in [-0.25, -0.2) is 10.2 Å². The van der Waals surface area contributed by atoms with Crippen LogP contribution in [-0.4, -0.2) is 29.3 Å². The molecule has 0 bridgehead atoms. The van der Waals surface area contributed by atoms with Gasteiger partial charge in [0, 0.05) is 7.05 Å². The second-order valence-electron chi connectivity index (χ2n) is 2.94. The lowest BCUT2D eigenvalue weighted by Crippen LogP contribution is -2.54. The molecule has 0 radical (unpaired) electrons. The van der Waals surface area contributed by atoms with Gasteiger partial charge in [-0.3, -0.25) is 4.90 Å². The SMILES string of the molecule is CN1C(=O)NN=CC1(O)c1cccs1. The number of urea groups is 1. The molecule has 14 heavy (non-hydrogen) atoms. The van der Waals surface area contributed by atoms with Crippen LogP contribution in [0.25, 0.3) is 0 Å². The summed E-state index contributed by atoms with van der Waals surface area (Å²) in [5.41, 5.74) is 0.830. The first-order chi connectivity index (χ1) is 6.64. The third-order valence-corrected chi connectivity index (χ3v) is 3.09. The summed E-state index contributed by atoms with van der Waals surface area (Å²) in [6.45, 7) is 0. The zero-order valence-electron chi connectivity index (χ0n) is 7.47. The Morgan fingerprint density at radius 2 is 2.50 bits per heavy atom. The van der Waals surface area contributed by atoms with Crippen molar-refractivity contribution in [2.75, 3.05) is 7.05 Å². The lowest BCUT2D eigenvalue weighted by atomic mass is 10.1. The Labute approximate surface area is 84.7 Å². The molecule has 5 nitrogen and oxygen atoms in total. The largest absolute Gasteiger partial charge is 0.362 e. The van der Waals surface area contributed by atoms with E-state index in [1.165, 1.54) is 29.5 Å². The van der Waals surface area contributed by atoms with E-state index in [4.69, 9.17) is 0 Å². The Morgan fingerprint density at radius 3 is 3.14 bits per heavy atom. The maximum Gasteiger partial charge on any atom is 0.340 e. The van der Waals surface area contributed by atoms with Crippen molar-refractivity contribution in [1.29, 1.82) is 0 Å². The van der Waals surface area contributed by atoms with E-state index in [1.54, 1.807) is 6.07 Å². The van der Waals surface area contributed by atoms with E-state index in [9.17, 15) is 9.90 Å². The van der Waals surface area contributed by atoms with Crippen LogP contribution in [-0.2, 0) is 5.72 Å². The summed E-state index contributed by atoms with van der Waals surface area (Å²) in [4.78, 5) is 13.1. The summed E-state index contributed by atoms with van der Waals surface area (Å²) in [7, 11) is 1.51. The fourth-order valence-electron chi connectivity index (χ4n) is 1.21. The predicted octanol–water partition coefficient (Wildman–Crippen LogP) is 0.534. The maximum atomic E-state index is 11.3. The van der Waals surface area contributed by atoms with Crippen LogP contribution < -0.4 is 5.43 Å². The van der Waals surface area contributed by atoms with Crippen LogP contribution in [0.4, 0.5) is 4.79 Å². The second-order valence-corrected chi connectivity index (χ2v) is 3.89. The van der Waals surface area contributed by atoms with Gasteiger partial charge in [0.05, 0.1) is 11.1 Å². The number of thiophene rings is 1. The van der Waals surface area contributed by atoms with Gasteiger partial charge in [0.1, 0.15) is 0 Å². The molecule has 1 aliphatic heterocycles. The van der Waals surface area contributed by atoms with Gasteiger partial charge in [0.15, 0.2) is 0 Å². The Balaban J connectivity index is 2.44. The fourth-order valence-corrected chi connectivity index (χ4v) is 2.03. The van der Waals surface area contributed by atoms with Gasteiger partial charge in [-0.1, -0.05) is 6.07 Å². The smallest absolute Gasteiger partial charge is 0.340 e. The highest BCUT2D eigenvalue weighted by molar-refractivity contribution is 7.10. The van der Waals surface area contributed by atoms with Crippen molar-refractivity contribution in [3.05, 3.63) is 22.4 Å². The molecule has 0 saturated heterocycles. The quantitative estimate of drug-likeness (QED) is 0.711. The number of hydrazone groups is 1. The standard InChI is InChI=1S/C8H9N3O2S/c1-11-7(12)10-9-5-8(11,13)6-3-2-4-14-6/h2-5,13H,1H3,(H,10,12). The molecule has 0 aliphatic carbocycles. The summed E-state index contributed by atoms with van der Waals surface area (Å²) < 4.78 is 0. The van der Waals surface area contributed by atoms with Crippen molar-refractivity contribution in [3.8, 4) is 0 Å². The van der Waals surface area contributed by atoms with E-state index >= 15 is 0 Å². The number of nitrogens with one attached hydrogen (secondary N) is 1. The third kappa shape index (κ3) is 1.19. The maximum absolute atomic E-state index is 11.3. The molecular formula is C8H9N3O2S. The molecule has 6 heteroatoms. The van der Waals surface area contributed by atoms with Gasteiger partial charge in [-0.05, 0) is 11.4 Å². The number of hydrogen-bond acceptors (Lipinski definition) is 4. The van der Waals surface area contributed by atoms with Gasteiger partial charge in [0.2, 0.25) is 5.72 Å². The molecular weight excluding hydrogens is 202 g/mol. The normalized spacial score (nSPS) is 26.4. The van der Waals surface area contributed by atoms with Crippen LogP contribution in [0.15, 0.2) is 22.6 Å². The Kier molecular flexibility index (Phi) is 2.01. The van der Waals surface area contributed by atoms with Crippen LogP contribution in [0.2, 0.25) is 0 Å². The molecule has 0 spiro atoms. The lowest BCUT2D eigenvalue weighted by Gasteiger charge is -2.34. The van der Waals surface area contributed by atoms with E-state index in [-0.39, 0.29) is 0 Å². The average Bonchev–Trinajstić information content (AvgIpc) is 2.67. The van der Waals surface area contributed by atoms with Crippen LogP contribution >= 0.6 is 11.3 Å². The van der Waals surface area contributed by atoms with E-state index < -0.39 is 11.8 Å². The summed E-state index contributed by atoms with van der Waals surface area (Å²) >= 11 is 1.37. The van der Waals surface area contributed by atoms with Crippen LogP contribution in [0, 0.1) is 0 Å². The minimum absolute atomic E-state index is 0.427. The molecule has 1 aromatic heterocycles. The minimum atomic E-state index is -1.42. The first-order valence-electron chi connectivity index (χ1n) is 3.99. The van der Waals surface area contributed by atoms with Crippen LogP contribution in [0.1, 0.15) is 4.88 Å². The molecule has 2 amide bonds. The molecule has 0 fully saturated rings. The van der Waals surface area contributed by atoms with Crippen molar-refractivity contribution in [2.45, 2.75) is 5.72 Å². The highest BCUT2D eigenvalue weighted by Crippen LogP contribution is 2.28. The van der Waals surface area contributed by atoms with Gasteiger partial charge < -0.3 is 5.11 Å². The highest BCUT2D eigenvalue weighted by atomic mass is 32.1. The van der Waals surface area contributed by atoms with E-state index in [0.29, 0.717) is 4.88 Å². The number of amides is 2. The Bertz CT molecular complexity index is 376. The molecule has 2 rings (SSSR count). The molecule has 1 atom stereocenters. The number of carbonyl (C=O) groups is 1. The second kappa shape index (κ2) is 3.07. The molecule has 1 unspecified atom stereocenters. The topological polar surface area (TPSA) is 64.9 Å². The van der Waals surface area contributed by atoms with E-state index in [1.807, 2.05) is 11.4 Å². The number of aliphatic hydroxyl groups is 1. The average molecular weight is 211 g/mol. The summed E-state index contributed by atoms with van der Waals surface area (Å²) in [6, 6.07) is 3.14. The van der Waals surface area contributed by atoms with Crippen LogP contribution in [0.5, 0.6) is 0 Å². The fraction of sp³-hybridized carbons (Fsp3) is 0.250. The van der Waals surface area contributed by atoms with Gasteiger partial charge in [-0.2, -0.15) is 5.10 Å². The van der Waals surface area contributed by atoms with E-state index in [0.717, 1.165) is 0 Å². The molecule has 0 aromatic carbocycles. The van der Waals surface area contributed by atoms with Gasteiger partial charge in [0.25, 0.3) is 0 Å². The Morgan fingerprint density at radius 1 is 1.71 bits per heavy atom. The Hall–Kier alpha value is -1.40. The first-order valence-corrected chi connectivity index (χ1v) is 4.87. The third-order valence-electron chi connectivity index (χ3n) is 2.10. The molecule has 1 aliphatic rings. The summed E-state index contributed by atoms with van der Waals surface area (Å²) in [6.07, 6.45) is 1.31. The highest BCUT2D eigenvalue weighted by Gasteiger charge is 2.39. The molecule has 2 N–H and O–H groups in total.